The van der Waals surface area contributed by atoms with Crippen LogP contribution in [0.1, 0.15) is 59.1 Å². The van der Waals surface area contributed by atoms with Gasteiger partial charge in [0.1, 0.15) is 35.8 Å². The molecular formula is C37H49N7O9. The third-order valence-electron chi connectivity index (χ3n) is 8.04. The smallest absolute Gasteiger partial charge is 0.408 e. The zero-order chi connectivity index (χ0) is 39.5. The summed E-state index contributed by atoms with van der Waals surface area (Å²) >= 11 is 0. The second-order valence-electron chi connectivity index (χ2n) is 14.0. The topological polar surface area (TPSA) is 251 Å². The van der Waals surface area contributed by atoms with E-state index < -0.39 is 89.7 Å². The summed E-state index contributed by atoms with van der Waals surface area (Å²) in [7, 11) is 0. The molecule has 9 N–H and O–H groups in total. The van der Waals surface area contributed by atoms with Gasteiger partial charge in [0.05, 0.1) is 6.42 Å². The first kappa shape index (κ1) is 41.5. The Morgan fingerprint density at radius 2 is 1.30 bits per heavy atom. The highest BCUT2D eigenvalue weighted by atomic mass is 16.6. The van der Waals surface area contributed by atoms with Gasteiger partial charge in [-0.25, -0.2) is 9.59 Å². The number of carbonyl (C=O) groups is 7. The maximum atomic E-state index is 14.1. The normalized spacial score (nSPS) is 14.2. The molecule has 3 aromatic rings. The third kappa shape index (κ3) is 13.0. The van der Waals surface area contributed by atoms with E-state index in [4.69, 9.17) is 10.5 Å². The lowest BCUT2D eigenvalue weighted by molar-refractivity contribution is -0.143. The summed E-state index contributed by atoms with van der Waals surface area (Å²) < 4.78 is 5.23. The lowest BCUT2D eigenvalue weighted by Crippen LogP contribution is -2.59. The van der Waals surface area contributed by atoms with E-state index in [0.29, 0.717) is 11.1 Å². The largest absolute Gasteiger partial charge is 0.480 e. The van der Waals surface area contributed by atoms with Crippen molar-refractivity contribution >= 4 is 52.5 Å². The molecular weight excluding hydrogens is 686 g/mol. The van der Waals surface area contributed by atoms with Crippen molar-refractivity contribution in [1.82, 2.24) is 31.6 Å². The molecule has 0 radical (unpaired) electrons. The number of carboxylic acid groups (broad SMARTS) is 1. The van der Waals surface area contributed by atoms with Crippen LogP contribution in [0, 0.1) is 5.92 Å². The number of alkyl carbamates (subject to hydrolysis) is 1. The first-order chi connectivity index (χ1) is 24.8. The molecule has 0 aliphatic carbocycles. The van der Waals surface area contributed by atoms with Crippen molar-refractivity contribution in [3.8, 4) is 0 Å². The van der Waals surface area contributed by atoms with E-state index in [1.807, 2.05) is 24.3 Å². The fourth-order valence-corrected chi connectivity index (χ4v) is 5.37. The van der Waals surface area contributed by atoms with Gasteiger partial charge < -0.3 is 47.1 Å². The highest BCUT2D eigenvalue weighted by molar-refractivity contribution is 5.97. The molecule has 53 heavy (non-hydrogen) atoms. The van der Waals surface area contributed by atoms with Gasteiger partial charge in [0, 0.05) is 29.9 Å². The molecule has 3 rings (SSSR count). The molecule has 0 aliphatic heterocycles. The number of aromatic amines is 1. The van der Waals surface area contributed by atoms with E-state index in [0.717, 1.165) is 10.9 Å². The van der Waals surface area contributed by atoms with Crippen molar-refractivity contribution < 1.29 is 43.4 Å². The molecule has 0 bridgehead atoms. The monoisotopic (exact) mass is 735 g/mol. The molecule has 6 amide bonds. The van der Waals surface area contributed by atoms with Crippen LogP contribution in [0.4, 0.5) is 4.79 Å². The summed E-state index contributed by atoms with van der Waals surface area (Å²) in [5, 5.41) is 22.9. The van der Waals surface area contributed by atoms with Crippen molar-refractivity contribution in [2.75, 3.05) is 0 Å². The molecule has 16 nitrogen and oxygen atoms in total. The molecule has 2 aromatic carbocycles. The summed E-state index contributed by atoms with van der Waals surface area (Å²) in [6.07, 6.45) is -0.000819. The van der Waals surface area contributed by atoms with E-state index in [9.17, 15) is 38.7 Å². The zero-order valence-corrected chi connectivity index (χ0v) is 30.6. The summed E-state index contributed by atoms with van der Waals surface area (Å²) in [6.45, 7) is 9.48. The van der Waals surface area contributed by atoms with Crippen molar-refractivity contribution in [1.29, 1.82) is 0 Å². The van der Waals surface area contributed by atoms with Gasteiger partial charge in [0.2, 0.25) is 29.5 Å². The average Bonchev–Trinajstić information content (AvgIpc) is 3.47. The Morgan fingerprint density at radius 1 is 0.736 bits per heavy atom. The number of primary amides is 1. The Balaban J connectivity index is 1.92. The first-order valence-electron chi connectivity index (χ1n) is 17.2. The van der Waals surface area contributed by atoms with Gasteiger partial charge in [-0.05, 0) is 50.8 Å². The van der Waals surface area contributed by atoms with Gasteiger partial charge in [-0.15, -0.1) is 0 Å². The number of aliphatic carboxylic acids is 1. The van der Waals surface area contributed by atoms with Crippen molar-refractivity contribution in [2.24, 2.45) is 11.7 Å². The fraction of sp³-hybridized carbons (Fsp3) is 0.432. The maximum Gasteiger partial charge on any atom is 0.408 e. The van der Waals surface area contributed by atoms with Gasteiger partial charge in [0.15, 0.2) is 0 Å². The summed E-state index contributed by atoms with van der Waals surface area (Å²) in [5.74, 6) is -5.78. The lowest BCUT2D eigenvalue weighted by atomic mass is 10.0. The SMILES string of the molecule is CC(C)[C@H](NC(=O)[C@H](C)NC(=O)[C@H](Cc1c[nH]c2ccccc12)NC(=O)[C@@H](Cc1ccccc1)NC(=O)[C@H](CC(N)=O)NC(=O)OC(C)(C)C)C(=O)O. The Hall–Kier alpha value is -5.93. The van der Waals surface area contributed by atoms with E-state index in [1.165, 1.54) is 6.92 Å². The van der Waals surface area contributed by atoms with E-state index in [-0.39, 0.29) is 12.8 Å². The van der Waals surface area contributed by atoms with Crippen LogP contribution < -0.4 is 32.3 Å². The Kier molecular flexibility index (Phi) is 14.5. The molecule has 0 saturated carbocycles. The molecule has 0 spiro atoms. The second-order valence-corrected chi connectivity index (χ2v) is 14.0. The van der Waals surface area contributed by atoms with Crippen LogP contribution in [-0.4, -0.2) is 87.5 Å². The van der Waals surface area contributed by atoms with Crippen LogP contribution >= 0.6 is 0 Å². The van der Waals surface area contributed by atoms with Gasteiger partial charge in [-0.3, -0.25) is 24.0 Å². The molecule has 286 valence electrons. The maximum absolute atomic E-state index is 14.1. The number of ether oxygens (including phenoxy) is 1. The van der Waals surface area contributed by atoms with Gasteiger partial charge in [-0.2, -0.15) is 0 Å². The van der Waals surface area contributed by atoms with E-state index in [2.05, 4.69) is 31.6 Å². The number of aromatic nitrogens is 1. The molecule has 0 unspecified atom stereocenters. The molecule has 0 saturated heterocycles. The van der Waals surface area contributed by atoms with Crippen LogP contribution in [0.2, 0.25) is 0 Å². The van der Waals surface area contributed by atoms with Gasteiger partial charge in [0.25, 0.3) is 0 Å². The molecule has 16 heteroatoms. The highest BCUT2D eigenvalue weighted by Crippen LogP contribution is 2.20. The molecule has 0 fully saturated rings. The van der Waals surface area contributed by atoms with Crippen LogP contribution in [0.3, 0.4) is 0 Å². The van der Waals surface area contributed by atoms with Crippen LogP contribution in [-0.2, 0) is 46.3 Å². The van der Waals surface area contributed by atoms with Crippen LogP contribution in [0.25, 0.3) is 10.9 Å². The number of carboxylic acids is 1. The molecule has 1 heterocycles. The standard InChI is InChI=1S/C37H49N7O9/c1-20(2)30(35(50)51)44-31(46)21(3)40-32(47)27(17-23-19-39-25-15-11-10-14-24(23)25)42-33(48)26(16-22-12-8-7-9-13-22)41-34(49)28(18-29(38)45)43-36(52)53-37(4,5)6/h7-15,19-21,26-28,30,39H,16-18H2,1-6H3,(H2,38,45)(H,40,47)(H,41,49)(H,42,48)(H,43,52)(H,44,46)(H,50,51)/t21-,26+,27-,28-,30-/m0/s1. The molecule has 0 aliphatic rings. The number of H-pyrrole nitrogens is 1. The Labute approximate surface area is 307 Å². The number of rotatable bonds is 17. The third-order valence-corrected chi connectivity index (χ3v) is 8.04. The number of nitrogens with two attached hydrogens (primary N) is 1. The zero-order valence-electron chi connectivity index (χ0n) is 30.6. The quantitative estimate of drug-likeness (QED) is 0.0997. The number of hydrogen-bond acceptors (Lipinski definition) is 8. The number of hydrogen-bond donors (Lipinski definition) is 8. The van der Waals surface area contributed by atoms with Crippen LogP contribution in [0.5, 0.6) is 0 Å². The fourth-order valence-electron chi connectivity index (χ4n) is 5.37. The minimum Gasteiger partial charge on any atom is -0.480 e. The minimum absolute atomic E-state index is 0.0455. The van der Waals surface area contributed by atoms with Crippen molar-refractivity contribution in [3.05, 3.63) is 71.9 Å². The van der Waals surface area contributed by atoms with Crippen molar-refractivity contribution in [3.63, 3.8) is 0 Å². The lowest BCUT2D eigenvalue weighted by Gasteiger charge is -2.27. The number of benzene rings is 2. The number of carbonyl (C=O) groups excluding carboxylic acids is 6. The van der Waals surface area contributed by atoms with Gasteiger partial charge in [-0.1, -0.05) is 62.4 Å². The number of para-hydroxylation sites is 1. The van der Waals surface area contributed by atoms with Crippen molar-refractivity contribution in [2.45, 2.75) is 96.6 Å². The number of fused-ring (bicyclic) bond motifs is 1. The summed E-state index contributed by atoms with van der Waals surface area (Å²) in [4.78, 5) is 93.7. The predicted octanol–water partition coefficient (Wildman–Crippen LogP) is 1.42. The Bertz CT molecular complexity index is 1790. The number of nitrogens with one attached hydrogen (secondary N) is 6. The minimum atomic E-state index is -1.50. The van der Waals surface area contributed by atoms with Gasteiger partial charge >= 0.3 is 12.1 Å². The molecule has 5 atom stereocenters. The van der Waals surface area contributed by atoms with Crippen LogP contribution in [0.15, 0.2) is 60.8 Å². The first-order valence-corrected chi connectivity index (χ1v) is 17.2. The molecule has 1 aromatic heterocycles. The number of amides is 6. The Morgan fingerprint density at radius 3 is 1.89 bits per heavy atom. The summed E-state index contributed by atoms with van der Waals surface area (Å²) in [6, 6.07) is 9.48. The van der Waals surface area contributed by atoms with E-state index in [1.54, 1.807) is 71.1 Å². The van der Waals surface area contributed by atoms with E-state index >= 15 is 0 Å². The highest BCUT2D eigenvalue weighted by Gasteiger charge is 2.33. The second kappa shape index (κ2) is 18.5. The average molecular weight is 736 g/mol. The predicted molar refractivity (Wildman–Crippen MR) is 195 cm³/mol. The summed E-state index contributed by atoms with van der Waals surface area (Å²) in [5.41, 5.74) is 6.54.